The number of carbonyl (C=O) groups is 3. The Balaban J connectivity index is 1.41. The van der Waals surface area contributed by atoms with Crippen molar-refractivity contribution in [1.29, 1.82) is 0 Å². The molecule has 34 heavy (non-hydrogen) atoms. The predicted molar refractivity (Wildman–Crippen MR) is 124 cm³/mol. The quantitative estimate of drug-likeness (QED) is 0.389. The predicted octanol–water partition coefficient (Wildman–Crippen LogP) is 2.43. The number of amides is 2. The van der Waals surface area contributed by atoms with Crippen LogP contribution in [0.1, 0.15) is 34.2 Å². The first kappa shape index (κ1) is 23.5. The monoisotopic (exact) mass is 503 g/mol. The topological polar surface area (TPSA) is 146 Å². The van der Waals surface area contributed by atoms with Gasteiger partial charge in [-0.3, -0.25) is 14.2 Å². The third kappa shape index (κ3) is 4.82. The lowest BCUT2D eigenvalue weighted by Crippen LogP contribution is -2.45. The third-order valence-corrected chi connectivity index (χ3v) is 6.12. The van der Waals surface area contributed by atoms with Gasteiger partial charge >= 0.3 is 11.7 Å². The van der Waals surface area contributed by atoms with Crippen molar-refractivity contribution in [3.8, 4) is 0 Å². The number of aliphatic carboxylic acids is 1. The van der Waals surface area contributed by atoms with Gasteiger partial charge in [0.15, 0.2) is 0 Å². The fourth-order valence-corrected chi connectivity index (χ4v) is 4.38. The Kier molecular flexibility index (Phi) is 6.71. The molecular formula is C22H19Cl2N5O5. The van der Waals surface area contributed by atoms with E-state index >= 15 is 0 Å². The summed E-state index contributed by atoms with van der Waals surface area (Å²) in [4.78, 5) is 48.8. The molecule has 0 saturated carbocycles. The molecule has 0 fully saturated rings. The molecule has 4 N–H and O–H groups in total. The number of hydrogen-bond acceptors (Lipinski definition) is 5. The second-order valence-corrected chi connectivity index (χ2v) is 8.54. The molecule has 1 aromatic heterocycles. The van der Waals surface area contributed by atoms with Crippen molar-refractivity contribution < 1.29 is 19.5 Å². The maximum absolute atomic E-state index is 12.7. The highest BCUT2D eigenvalue weighted by atomic mass is 35.5. The van der Waals surface area contributed by atoms with Gasteiger partial charge in [0.2, 0.25) is 5.91 Å². The number of carbonyl (C=O) groups excluding carboxylic acids is 2. The summed E-state index contributed by atoms with van der Waals surface area (Å²) in [5.74, 6) is -1.79. The molecule has 0 unspecified atom stereocenters. The first-order valence-electron chi connectivity index (χ1n) is 10.3. The lowest BCUT2D eigenvalue weighted by atomic mass is 10.0. The largest absolute Gasteiger partial charge is 0.480 e. The zero-order chi connectivity index (χ0) is 24.4. The molecule has 0 bridgehead atoms. The van der Waals surface area contributed by atoms with Gasteiger partial charge in [0, 0.05) is 18.5 Å². The summed E-state index contributed by atoms with van der Waals surface area (Å²) in [6.07, 6.45) is 0.820. The molecule has 4 rings (SSSR count). The average molecular weight is 504 g/mol. The number of carboxylic acid groups (broad SMARTS) is 1. The van der Waals surface area contributed by atoms with Crippen LogP contribution in [0.25, 0.3) is 0 Å². The molecule has 0 aliphatic carbocycles. The molecule has 2 aromatic carbocycles. The summed E-state index contributed by atoms with van der Waals surface area (Å²) >= 11 is 12.1. The van der Waals surface area contributed by atoms with Crippen LogP contribution >= 0.6 is 23.2 Å². The maximum Gasteiger partial charge on any atom is 0.344 e. The second-order valence-electron chi connectivity index (χ2n) is 7.72. The lowest BCUT2D eigenvalue weighted by molar-refractivity contribution is -0.142. The van der Waals surface area contributed by atoms with Crippen LogP contribution in [-0.2, 0) is 22.4 Å². The second kappa shape index (κ2) is 9.70. The fraction of sp³-hybridized carbons (Fsp3) is 0.227. The molecule has 0 radical (unpaired) electrons. The molecule has 3 aromatic rings. The van der Waals surface area contributed by atoms with Gasteiger partial charge in [-0.2, -0.15) is 5.10 Å². The van der Waals surface area contributed by atoms with E-state index < -0.39 is 35.6 Å². The average Bonchev–Trinajstić information content (AvgIpc) is 3.37. The number of nitrogens with zero attached hydrogens (tertiary/aromatic N) is 2. The van der Waals surface area contributed by atoms with Gasteiger partial charge < -0.3 is 15.7 Å². The van der Waals surface area contributed by atoms with E-state index in [1.807, 2.05) is 0 Å². The zero-order valence-electron chi connectivity index (χ0n) is 17.5. The van der Waals surface area contributed by atoms with E-state index in [0.29, 0.717) is 29.9 Å². The van der Waals surface area contributed by atoms with Crippen molar-refractivity contribution in [2.45, 2.75) is 31.3 Å². The Labute approximate surface area is 202 Å². The van der Waals surface area contributed by atoms with E-state index in [0.717, 1.165) is 0 Å². The Morgan fingerprint density at radius 1 is 1.15 bits per heavy atom. The van der Waals surface area contributed by atoms with Gasteiger partial charge in [-0.15, -0.1) is 0 Å². The van der Waals surface area contributed by atoms with Crippen LogP contribution in [0.4, 0.5) is 5.69 Å². The first-order chi connectivity index (χ1) is 16.2. The number of anilines is 1. The minimum atomic E-state index is -1.21. The molecule has 10 nitrogen and oxygen atoms in total. The molecule has 2 atom stereocenters. The molecule has 1 aliphatic heterocycles. The van der Waals surface area contributed by atoms with E-state index in [9.17, 15) is 24.3 Å². The molecule has 2 heterocycles. The summed E-state index contributed by atoms with van der Waals surface area (Å²) in [5.41, 5.74) is 0.720. The van der Waals surface area contributed by atoms with Crippen LogP contribution in [0, 0.1) is 0 Å². The molecule has 12 heteroatoms. The van der Waals surface area contributed by atoms with E-state index in [1.165, 1.54) is 4.57 Å². The highest BCUT2D eigenvalue weighted by Crippen LogP contribution is 2.26. The van der Waals surface area contributed by atoms with Gasteiger partial charge in [-0.1, -0.05) is 41.4 Å². The number of aromatic nitrogens is 3. The van der Waals surface area contributed by atoms with Crippen LogP contribution in [0.2, 0.25) is 10.0 Å². The number of aromatic amines is 1. The van der Waals surface area contributed by atoms with Gasteiger partial charge in [-0.25, -0.2) is 14.7 Å². The SMILES string of the molecule is O=C(Nc1ccc(C[C@H](NC(=O)[C@@H]2CCc3n[nH]c(=O)n32)C(=O)O)cc1)c1c(Cl)cccc1Cl. The minimum Gasteiger partial charge on any atom is -0.480 e. The number of hydrogen-bond donors (Lipinski definition) is 4. The fourth-order valence-electron chi connectivity index (χ4n) is 3.81. The van der Waals surface area contributed by atoms with Crippen LogP contribution in [0.3, 0.4) is 0 Å². The van der Waals surface area contributed by atoms with Crippen molar-refractivity contribution in [3.05, 3.63) is 79.9 Å². The van der Waals surface area contributed by atoms with Crippen LogP contribution in [-0.4, -0.2) is 43.7 Å². The number of carboxylic acids is 1. The first-order valence-corrected chi connectivity index (χ1v) is 11.0. The number of aryl methyl sites for hydroxylation is 1. The lowest BCUT2D eigenvalue weighted by Gasteiger charge is -2.18. The van der Waals surface area contributed by atoms with Gasteiger partial charge in [0.1, 0.15) is 17.9 Å². The van der Waals surface area contributed by atoms with Crippen LogP contribution in [0.5, 0.6) is 0 Å². The third-order valence-electron chi connectivity index (χ3n) is 5.49. The van der Waals surface area contributed by atoms with Gasteiger partial charge in [-0.05, 0) is 36.2 Å². The molecular weight excluding hydrogens is 485 g/mol. The highest BCUT2D eigenvalue weighted by Gasteiger charge is 2.33. The van der Waals surface area contributed by atoms with Crippen LogP contribution in [0.15, 0.2) is 47.3 Å². The standard InChI is InChI=1S/C22H19Cl2N5O5/c23-13-2-1-3-14(24)18(13)20(31)25-12-6-4-11(5-7-12)10-15(21(32)33)26-19(30)16-8-9-17-27-28-22(34)29(16)17/h1-7,15-16H,8-10H2,(H,25,31)(H,26,30)(H,28,34)(H,32,33)/t15-,16-/m0/s1. The number of rotatable bonds is 7. The van der Waals surface area contributed by atoms with E-state index in [2.05, 4.69) is 20.8 Å². The number of nitrogens with one attached hydrogen (secondary N) is 3. The smallest absolute Gasteiger partial charge is 0.344 e. The summed E-state index contributed by atoms with van der Waals surface area (Å²) in [6, 6.07) is 9.22. The Morgan fingerprint density at radius 3 is 2.47 bits per heavy atom. The molecule has 0 spiro atoms. The van der Waals surface area contributed by atoms with Gasteiger partial charge in [0.25, 0.3) is 5.91 Å². The Hall–Kier alpha value is -3.63. The number of benzene rings is 2. The molecule has 1 aliphatic rings. The van der Waals surface area contributed by atoms with Gasteiger partial charge in [0.05, 0.1) is 15.6 Å². The number of halogens is 2. The summed E-state index contributed by atoms with van der Waals surface area (Å²) in [6.45, 7) is 0. The van der Waals surface area contributed by atoms with Crippen molar-refractivity contribution in [2.75, 3.05) is 5.32 Å². The minimum absolute atomic E-state index is 0.00546. The Morgan fingerprint density at radius 2 is 1.82 bits per heavy atom. The summed E-state index contributed by atoms with van der Waals surface area (Å²) in [7, 11) is 0. The van der Waals surface area contributed by atoms with E-state index in [4.69, 9.17) is 23.2 Å². The molecule has 2 amide bonds. The number of fused-ring (bicyclic) bond motifs is 1. The maximum atomic E-state index is 12.7. The zero-order valence-corrected chi connectivity index (χ0v) is 19.1. The van der Waals surface area contributed by atoms with Crippen LogP contribution < -0.4 is 16.3 Å². The normalized spacial score (nSPS) is 15.4. The molecule has 176 valence electrons. The van der Waals surface area contributed by atoms with E-state index in [-0.39, 0.29) is 22.0 Å². The molecule has 0 saturated heterocycles. The summed E-state index contributed by atoms with van der Waals surface area (Å²) in [5, 5.41) is 21.4. The van der Waals surface area contributed by atoms with Crippen molar-refractivity contribution in [3.63, 3.8) is 0 Å². The Bertz CT molecular complexity index is 1300. The van der Waals surface area contributed by atoms with Crippen molar-refractivity contribution in [1.82, 2.24) is 20.1 Å². The highest BCUT2D eigenvalue weighted by molar-refractivity contribution is 6.40. The van der Waals surface area contributed by atoms with E-state index in [1.54, 1.807) is 42.5 Å². The van der Waals surface area contributed by atoms with Crippen molar-refractivity contribution >= 4 is 46.7 Å². The van der Waals surface area contributed by atoms with Crippen molar-refractivity contribution in [2.24, 2.45) is 0 Å². The number of H-pyrrole nitrogens is 1. The summed E-state index contributed by atoms with van der Waals surface area (Å²) < 4.78 is 1.25.